The van der Waals surface area contributed by atoms with Gasteiger partial charge in [-0.15, -0.1) is 0 Å². The number of nitrogens with two attached hydrogens (primary N) is 1. The first-order chi connectivity index (χ1) is 9.19. The fraction of sp³-hybridized carbons (Fsp3) is 0.267. The molecule has 0 saturated carbocycles. The first-order valence-corrected chi connectivity index (χ1v) is 6.37. The number of aryl methyl sites for hydroxylation is 1. The van der Waals surface area contributed by atoms with E-state index in [9.17, 15) is 0 Å². The quantitative estimate of drug-likeness (QED) is 0.864. The molecule has 0 aliphatic heterocycles. The van der Waals surface area contributed by atoms with Gasteiger partial charge in [-0.25, -0.2) is 0 Å². The molecule has 4 heteroatoms. The van der Waals surface area contributed by atoms with Gasteiger partial charge in [-0.2, -0.15) is 4.98 Å². The predicted molar refractivity (Wildman–Crippen MR) is 78.3 cm³/mol. The minimum atomic E-state index is 0.483. The topological polar surface area (TPSA) is 60.2 Å². The van der Waals surface area contributed by atoms with Gasteiger partial charge < -0.3 is 15.8 Å². The van der Waals surface area contributed by atoms with Crippen LogP contribution in [0.2, 0.25) is 0 Å². The normalized spacial score (nSPS) is 10.2. The number of ether oxygens (including phenoxy) is 1. The van der Waals surface area contributed by atoms with Crippen molar-refractivity contribution < 1.29 is 4.74 Å². The summed E-state index contributed by atoms with van der Waals surface area (Å²) in [5.74, 6) is 1.25. The van der Waals surface area contributed by atoms with E-state index in [0.717, 1.165) is 12.4 Å². The zero-order valence-electron chi connectivity index (χ0n) is 11.3. The number of anilines is 2. The highest BCUT2D eigenvalue weighted by Crippen LogP contribution is 2.21. The lowest BCUT2D eigenvalue weighted by Gasteiger charge is -2.10. The fourth-order valence-corrected chi connectivity index (χ4v) is 1.82. The second kappa shape index (κ2) is 6.09. The number of hydrogen-bond donors (Lipinski definition) is 2. The number of pyridine rings is 1. The maximum Gasteiger partial charge on any atom is 0.239 e. The molecule has 2 rings (SSSR count). The summed E-state index contributed by atoms with van der Waals surface area (Å²) in [5.41, 5.74) is 8.81. The third-order valence-corrected chi connectivity index (χ3v) is 2.73. The summed E-state index contributed by atoms with van der Waals surface area (Å²) < 4.78 is 5.37. The summed E-state index contributed by atoms with van der Waals surface area (Å²) in [7, 11) is 0. The van der Waals surface area contributed by atoms with E-state index in [2.05, 4.69) is 35.4 Å². The number of nitrogen functional groups attached to an aromatic ring is 1. The molecule has 1 aromatic heterocycles. The van der Waals surface area contributed by atoms with Crippen LogP contribution < -0.4 is 15.8 Å². The lowest BCUT2D eigenvalue weighted by atomic mass is 10.1. The van der Waals surface area contributed by atoms with Crippen molar-refractivity contribution in [2.24, 2.45) is 0 Å². The highest BCUT2D eigenvalue weighted by atomic mass is 16.5. The number of benzene rings is 1. The van der Waals surface area contributed by atoms with Crippen LogP contribution in [0.15, 0.2) is 36.4 Å². The van der Waals surface area contributed by atoms with E-state index < -0.39 is 0 Å². The third kappa shape index (κ3) is 3.61. The van der Waals surface area contributed by atoms with E-state index in [4.69, 9.17) is 10.5 Å². The number of nitrogens with one attached hydrogen (secondary N) is 1. The van der Waals surface area contributed by atoms with Gasteiger partial charge in [0.2, 0.25) is 5.88 Å². The van der Waals surface area contributed by atoms with Crippen molar-refractivity contribution in [1.82, 2.24) is 4.98 Å². The molecule has 19 heavy (non-hydrogen) atoms. The fourth-order valence-electron chi connectivity index (χ4n) is 1.82. The first kappa shape index (κ1) is 13.2. The number of rotatable bonds is 5. The molecule has 0 aliphatic carbocycles. The van der Waals surface area contributed by atoms with Crippen LogP contribution in [0, 0.1) is 6.92 Å². The lowest BCUT2D eigenvalue weighted by Crippen LogP contribution is -2.05. The van der Waals surface area contributed by atoms with Crippen LogP contribution in [-0.2, 0) is 6.54 Å². The summed E-state index contributed by atoms with van der Waals surface area (Å²) in [6, 6.07) is 12.0. The van der Waals surface area contributed by atoms with E-state index in [1.54, 1.807) is 6.07 Å². The van der Waals surface area contributed by atoms with Crippen molar-refractivity contribution in [2.45, 2.75) is 20.4 Å². The molecule has 100 valence electrons. The largest absolute Gasteiger partial charge is 0.476 e. The minimum Gasteiger partial charge on any atom is -0.476 e. The Morgan fingerprint density at radius 3 is 2.84 bits per heavy atom. The monoisotopic (exact) mass is 257 g/mol. The zero-order valence-corrected chi connectivity index (χ0v) is 11.3. The first-order valence-electron chi connectivity index (χ1n) is 6.37. The van der Waals surface area contributed by atoms with Gasteiger partial charge in [-0.05, 0) is 31.5 Å². The average Bonchev–Trinajstić information content (AvgIpc) is 2.40. The van der Waals surface area contributed by atoms with Gasteiger partial charge in [0.25, 0.3) is 0 Å². The Labute approximate surface area is 113 Å². The highest BCUT2D eigenvalue weighted by Gasteiger charge is 2.03. The second-order valence-corrected chi connectivity index (χ2v) is 4.37. The Bertz CT molecular complexity index is 555. The van der Waals surface area contributed by atoms with Crippen molar-refractivity contribution in [3.8, 4) is 5.88 Å². The SMILES string of the molecule is CCOc1nc(NCc2cccc(C)c2)ccc1N. The van der Waals surface area contributed by atoms with E-state index in [1.807, 2.05) is 19.1 Å². The molecular weight excluding hydrogens is 238 g/mol. The van der Waals surface area contributed by atoms with Crippen LogP contribution in [-0.4, -0.2) is 11.6 Å². The maximum atomic E-state index is 5.79. The molecule has 0 radical (unpaired) electrons. The molecule has 0 bridgehead atoms. The van der Waals surface area contributed by atoms with E-state index >= 15 is 0 Å². The molecule has 0 atom stereocenters. The van der Waals surface area contributed by atoms with E-state index in [0.29, 0.717) is 18.2 Å². The highest BCUT2D eigenvalue weighted by molar-refractivity contribution is 5.53. The predicted octanol–water partition coefficient (Wildman–Crippen LogP) is 2.98. The second-order valence-electron chi connectivity index (χ2n) is 4.37. The molecule has 0 aliphatic rings. The number of hydrogen-bond acceptors (Lipinski definition) is 4. The van der Waals surface area contributed by atoms with Crippen molar-refractivity contribution >= 4 is 11.5 Å². The van der Waals surface area contributed by atoms with Crippen LogP contribution in [0.5, 0.6) is 5.88 Å². The van der Waals surface area contributed by atoms with Gasteiger partial charge >= 0.3 is 0 Å². The lowest BCUT2D eigenvalue weighted by molar-refractivity contribution is 0.329. The van der Waals surface area contributed by atoms with Crippen molar-refractivity contribution in [3.05, 3.63) is 47.5 Å². The van der Waals surface area contributed by atoms with Crippen LogP contribution in [0.25, 0.3) is 0 Å². The molecule has 4 nitrogen and oxygen atoms in total. The van der Waals surface area contributed by atoms with Crippen molar-refractivity contribution in [3.63, 3.8) is 0 Å². The summed E-state index contributed by atoms with van der Waals surface area (Å²) in [4.78, 5) is 4.34. The molecule has 0 saturated heterocycles. The Morgan fingerprint density at radius 1 is 1.26 bits per heavy atom. The zero-order chi connectivity index (χ0) is 13.7. The molecule has 1 heterocycles. The number of nitrogens with zero attached hydrogens (tertiary/aromatic N) is 1. The molecule has 2 aromatic rings. The van der Waals surface area contributed by atoms with Crippen LogP contribution in [0.3, 0.4) is 0 Å². The molecule has 3 N–H and O–H groups in total. The van der Waals surface area contributed by atoms with Gasteiger partial charge in [0.1, 0.15) is 5.82 Å². The van der Waals surface area contributed by atoms with E-state index in [-0.39, 0.29) is 0 Å². The Kier molecular flexibility index (Phi) is 4.23. The van der Waals surface area contributed by atoms with Gasteiger partial charge in [0, 0.05) is 6.54 Å². The molecule has 0 spiro atoms. The van der Waals surface area contributed by atoms with Gasteiger partial charge in [-0.3, -0.25) is 0 Å². The smallest absolute Gasteiger partial charge is 0.239 e. The molecule has 0 fully saturated rings. The third-order valence-electron chi connectivity index (χ3n) is 2.73. The number of aromatic nitrogens is 1. The van der Waals surface area contributed by atoms with Gasteiger partial charge in [-0.1, -0.05) is 29.8 Å². The maximum absolute atomic E-state index is 5.79. The summed E-state index contributed by atoms with van der Waals surface area (Å²) >= 11 is 0. The van der Waals surface area contributed by atoms with Crippen LogP contribution in [0.1, 0.15) is 18.1 Å². The van der Waals surface area contributed by atoms with Crippen LogP contribution >= 0.6 is 0 Å². The van der Waals surface area contributed by atoms with Crippen molar-refractivity contribution in [2.75, 3.05) is 17.7 Å². The summed E-state index contributed by atoms with van der Waals surface area (Å²) in [6.07, 6.45) is 0. The Balaban J connectivity index is 2.05. The van der Waals surface area contributed by atoms with Gasteiger partial charge in [0.15, 0.2) is 0 Å². The van der Waals surface area contributed by atoms with Crippen LogP contribution in [0.4, 0.5) is 11.5 Å². The Morgan fingerprint density at radius 2 is 2.11 bits per heavy atom. The minimum absolute atomic E-state index is 0.483. The average molecular weight is 257 g/mol. The summed E-state index contributed by atoms with van der Waals surface area (Å²) in [6.45, 7) is 5.27. The van der Waals surface area contributed by atoms with E-state index in [1.165, 1.54) is 11.1 Å². The molecule has 1 aromatic carbocycles. The standard InChI is InChI=1S/C15H19N3O/c1-3-19-15-13(16)7-8-14(18-15)17-10-12-6-4-5-11(2)9-12/h4-9H,3,10,16H2,1-2H3,(H,17,18). The van der Waals surface area contributed by atoms with Gasteiger partial charge in [0.05, 0.1) is 12.3 Å². The molecule has 0 unspecified atom stereocenters. The Hall–Kier alpha value is -2.23. The molecule has 0 amide bonds. The molecular formula is C15H19N3O. The van der Waals surface area contributed by atoms with Crippen molar-refractivity contribution in [1.29, 1.82) is 0 Å². The summed E-state index contributed by atoms with van der Waals surface area (Å²) in [5, 5.41) is 3.27.